The number of carbonyl (C=O) groups excluding carboxylic acids is 3. The minimum Gasteiger partial charge on any atom is -0.454 e. The lowest BCUT2D eigenvalue weighted by Crippen LogP contribution is -2.40. The Morgan fingerprint density at radius 3 is 2.93 bits per heavy atom. The third-order valence-corrected chi connectivity index (χ3v) is 5.98. The molecule has 9 nitrogen and oxygen atoms in total. The van der Waals surface area contributed by atoms with Gasteiger partial charge in [-0.2, -0.15) is 0 Å². The van der Waals surface area contributed by atoms with Crippen molar-refractivity contribution in [1.82, 2.24) is 20.4 Å². The third-order valence-electron chi connectivity index (χ3n) is 5.98. The summed E-state index contributed by atoms with van der Waals surface area (Å²) in [5, 5.41) is 5.66. The predicted octanol–water partition coefficient (Wildman–Crippen LogP) is 1.22. The van der Waals surface area contributed by atoms with Gasteiger partial charge in [0.05, 0.1) is 6.54 Å². The number of rotatable bonds is 8. The van der Waals surface area contributed by atoms with Crippen LogP contribution in [-0.2, 0) is 16.1 Å². The van der Waals surface area contributed by atoms with Crippen molar-refractivity contribution in [2.45, 2.75) is 51.2 Å². The average molecular weight is 416 g/mol. The number of nitrogens with zero attached hydrogens (tertiary/aromatic N) is 2. The second-order valence-electron chi connectivity index (χ2n) is 7.88. The molecular weight excluding hydrogens is 388 g/mol. The SMILES string of the molecule is CCN1CCC[C@H]1CNC(=O)CC[C@H]1NC(=O)N(Cc2ccc3c(c2)OCO3)C1=O. The molecule has 0 aromatic heterocycles. The van der Waals surface area contributed by atoms with Gasteiger partial charge in [-0.3, -0.25) is 19.4 Å². The molecule has 2 atom stereocenters. The average Bonchev–Trinajstić information content (AvgIpc) is 3.46. The Morgan fingerprint density at radius 2 is 2.10 bits per heavy atom. The Kier molecular flexibility index (Phi) is 6.08. The fourth-order valence-electron chi connectivity index (χ4n) is 4.28. The fraction of sp³-hybridized carbons (Fsp3) is 0.571. The molecule has 0 radical (unpaired) electrons. The van der Waals surface area contributed by atoms with Crippen LogP contribution in [0.3, 0.4) is 0 Å². The van der Waals surface area contributed by atoms with Crippen molar-refractivity contribution in [3.63, 3.8) is 0 Å². The van der Waals surface area contributed by atoms with Gasteiger partial charge in [0.15, 0.2) is 11.5 Å². The summed E-state index contributed by atoms with van der Waals surface area (Å²) in [6, 6.07) is 4.62. The van der Waals surface area contributed by atoms with E-state index in [0.29, 0.717) is 24.1 Å². The zero-order valence-corrected chi connectivity index (χ0v) is 17.2. The maximum absolute atomic E-state index is 12.7. The molecule has 30 heavy (non-hydrogen) atoms. The first-order valence-corrected chi connectivity index (χ1v) is 10.6. The van der Waals surface area contributed by atoms with Crippen LogP contribution in [0.4, 0.5) is 4.79 Å². The fourth-order valence-corrected chi connectivity index (χ4v) is 4.28. The number of urea groups is 1. The van der Waals surface area contributed by atoms with Gasteiger partial charge < -0.3 is 20.1 Å². The van der Waals surface area contributed by atoms with Crippen LogP contribution in [-0.4, -0.2) is 66.2 Å². The van der Waals surface area contributed by atoms with Crippen LogP contribution in [0.5, 0.6) is 11.5 Å². The van der Waals surface area contributed by atoms with E-state index < -0.39 is 12.1 Å². The number of fused-ring (bicyclic) bond motifs is 1. The highest BCUT2D eigenvalue weighted by Gasteiger charge is 2.38. The predicted molar refractivity (Wildman–Crippen MR) is 108 cm³/mol. The van der Waals surface area contributed by atoms with E-state index in [1.807, 2.05) is 0 Å². The van der Waals surface area contributed by atoms with Crippen LogP contribution >= 0.6 is 0 Å². The Bertz CT molecular complexity index is 830. The van der Waals surface area contributed by atoms with Crippen LogP contribution in [0, 0.1) is 0 Å². The lowest BCUT2D eigenvalue weighted by Gasteiger charge is -2.22. The van der Waals surface area contributed by atoms with Gasteiger partial charge in [-0.1, -0.05) is 13.0 Å². The van der Waals surface area contributed by atoms with E-state index in [0.717, 1.165) is 31.5 Å². The molecule has 162 valence electrons. The van der Waals surface area contributed by atoms with E-state index >= 15 is 0 Å². The second kappa shape index (κ2) is 8.91. The zero-order valence-electron chi connectivity index (χ0n) is 17.2. The molecule has 2 N–H and O–H groups in total. The van der Waals surface area contributed by atoms with Crippen molar-refractivity contribution in [3.05, 3.63) is 23.8 Å². The summed E-state index contributed by atoms with van der Waals surface area (Å²) in [4.78, 5) is 40.7. The molecular formula is C21H28N4O5. The molecule has 3 heterocycles. The standard InChI is InChI=1S/C21H28N4O5/c1-2-24-9-3-4-15(24)11-22-19(26)8-6-16-20(27)25(21(28)23-16)12-14-5-7-17-18(10-14)30-13-29-17/h5,7,10,15-16H,2-4,6,8-9,11-13H2,1H3,(H,22,26)(H,23,28)/t15-,16+/m0/s1. The first kappa shape index (κ1) is 20.5. The molecule has 4 rings (SSSR count). The maximum atomic E-state index is 12.7. The highest BCUT2D eigenvalue weighted by atomic mass is 16.7. The molecule has 4 amide bonds. The van der Waals surface area contributed by atoms with Gasteiger partial charge in [0, 0.05) is 19.0 Å². The van der Waals surface area contributed by atoms with E-state index in [4.69, 9.17) is 9.47 Å². The summed E-state index contributed by atoms with van der Waals surface area (Å²) >= 11 is 0. The van der Waals surface area contributed by atoms with Gasteiger partial charge in [-0.05, 0) is 50.0 Å². The summed E-state index contributed by atoms with van der Waals surface area (Å²) < 4.78 is 10.6. The van der Waals surface area contributed by atoms with Crippen molar-refractivity contribution in [3.8, 4) is 11.5 Å². The molecule has 1 aromatic rings. The number of amides is 4. The summed E-state index contributed by atoms with van der Waals surface area (Å²) in [5.74, 6) is 0.865. The lowest BCUT2D eigenvalue weighted by atomic mass is 10.1. The molecule has 0 unspecified atom stereocenters. The van der Waals surface area contributed by atoms with E-state index in [9.17, 15) is 14.4 Å². The van der Waals surface area contributed by atoms with Crippen molar-refractivity contribution in [1.29, 1.82) is 0 Å². The molecule has 0 saturated carbocycles. The number of hydrogen-bond acceptors (Lipinski definition) is 6. The lowest BCUT2D eigenvalue weighted by molar-refractivity contribution is -0.128. The van der Waals surface area contributed by atoms with Gasteiger partial charge in [0.2, 0.25) is 12.7 Å². The number of ether oxygens (including phenoxy) is 2. The highest BCUT2D eigenvalue weighted by Crippen LogP contribution is 2.33. The number of likely N-dealkylation sites (tertiary alicyclic amines) is 1. The first-order chi connectivity index (χ1) is 14.5. The number of likely N-dealkylation sites (N-methyl/N-ethyl adjacent to an activating group) is 1. The van der Waals surface area contributed by atoms with E-state index in [2.05, 4.69) is 22.5 Å². The van der Waals surface area contributed by atoms with Crippen LogP contribution in [0.25, 0.3) is 0 Å². The van der Waals surface area contributed by atoms with Crippen LogP contribution in [0.2, 0.25) is 0 Å². The third kappa shape index (κ3) is 4.35. The Labute approximate surface area is 175 Å². The summed E-state index contributed by atoms with van der Waals surface area (Å²) in [5.41, 5.74) is 0.776. The molecule has 2 fully saturated rings. The maximum Gasteiger partial charge on any atom is 0.325 e. The Hall–Kier alpha value is -2.81. The Balaban J connectivity index is 1.25. The summed E-state index contributed by atoms with van der Waals surface area (Å²) in [6.07, 6.45) is 2.75. The van der Waals surface area contributed by atoms with Gasteiger partial charge in [-0.25, -0.2) is 4.79 Å². The monoisotopic (exact) mass is 416 g/mol. The van der Waals surface area contributed by atoms with E-state index in [1.54, 1.807) is 18.2 Å². The molecule has 9 heteroatoms. The molecule has 0 aliphatic carbocycles. The molecule has 0 bridgehead atoms. The largest absolute Gasteiger partial charge is 0.454 e. The zero-order chi connectivity index (χ0) is 21.1. The van der Waals surface area contributed by atoms with Gasteiger partial charge in [0.1, 0.15) is 6.04 Å². The number of hydrogen-bond donors (Lipinski definition) is 2. The Morgan fingerprint density at radius 1 is 1.27 bits per heavy atom. The number of benzene rings is 1. The number of nitrogens with one attached hydrogen (secondary N) is 2. The molecule has 3 aliphatic heterocycles. The van der Waals surface area contributed by atoms with E-state index in [1.165, 1.54) is 4.90 Å². The summed E-state index contributed by atoms with van der Waals surface area (Å²) in [7, 11) is 0. The smallest absolute Gasteiger partial charge is 0.325 e. The minimum absolute atomic E-state index is 0.0887. The quantitative estimate of drug-likeness (QED) is 0.618. The normalized spacial score (nSPS) is 23.2. The van der Waals surface area contributed by atoms with Crippen LogP contribution in [0.15, 0.2) is 18.2 Å². The number of imide groups is 1. The van der Waals surface area contributed by atoms with Crippen molar-refractivity contribution in [2.75, 3.05) is 26.4 Å². The van der Waals surface area contributed by atoms with Crippen molar-refractivity contribution < 1.29 is 23.9 Å². The van der Waals surface area contributed by atoms with Gasteiger partial charge in [-0.15, -0.1) is 0 Å². The molecule has 3 aliphatic rings. The van der Waals surface area contributed by atoms with E-state index in [-0.39, 0.29) is 38.0 Å². The van der Waals surface area contributed by atoms with Crippen LogP contribution in [0.1, 0.15) is 38.2 Å². The molecule has 0 spiro atoms. The number of carbonyl (C=O) groups is 3. The molecule has 2 saturated heterocycles. The van der Waals surface area contributed by atoms with Gasteiger partial charge >= 0.3 is 6.03 Å². The first-order valence-electron chi connectivity index (χ1n) is 10.6. The minimum atomic E-state index is -0.670. The second-order valence-corrected chi connectivity index (χ2v) is 7.88. The van der Waals surface area contributed by atoms with Crippen molar-refractivity contribution in [2.24, 2.45) is 0 Å². The van der Waals surface area contributed by atoms with Crippen molar-refractivity contribution >= 4 is 17.8 Å². The van der Waals surface area contributed by atoms with Gasteiger partial charge in [0.25, 0.3) is 5.91 Å². The highest BCUT2D eigenvalue weighted by molar-refractivity contribution is 6.04. The topological polar surface area (TPSA) is 100 Å². The molecule has 1 aromatic carbocycles. The summed E-state index contributed by atoms with van der Waals surface area (Å²) in [6.45, 7) is 5.15. The van der Waals surface area contributed by atoms with Crippen LogP contribution < -0.4 is 20.1 Å².